The number of imidazole rings is 1. The van der Waals surface area contributed by atoms with Gasteiger partial charge in [-0.2, -0.15) is 0 Å². The highest BCUT2D eigenvalue weighted by Crippen LogP contribution is 2.43. The molecule has 6 rings (SSSR count). The molecule has 2 amide bonds. The highest BCUT2D eigenvalue weighted by molar-refractivity contribution is 6.31. The number of rotatable bonds is 9. The maximum Gasteiger partial charge on any atom is 0.307 e. The van der Waals surface area contributed by atoms with Crippen molar-refractivity contribution in [2.75, 3.05) is 13.1 Å². The second-order valence-electron chi connectivity index (χ2n) is 11.6. The number of amides is 2. The van der Waals surface area contributed by atoms with Crippen molar-refractivity contribution in [1.82, 2.24) is 19.4 Å². The molecule has 3 heterocycles. The molecule has 1 fully saturated rings. The van der Waals surface area contributed by atoms with Crippen LogP contribution in [-0.2, 0) is 35.7 Å². The molecule has 1 N–H and O–H groups in total. The average molecular weight is 627 g/mol. The number of aliphatic carboxylic acids is 1. The van der Waals surface area contributed by atoms with Crippen molar-refractivity contribution in [3.05, 3.63) is 81.9 Å². The number of hydrogen-bond acceptors (Lipinski definition) is 5. The lowest BCUT2D eigenvalue weighted by molar-refractivity contribution is -0.153. The Kier molecular flexibility index (Phi) is 8.57. The van der Waals surface area contributed by atoms with Crippen molar-refractivity contribution >= 4 is 29.4 Å². The van der Waals surface area contributed by atoms with Gasteiger partial charge in [-0.25, -0.2) is 13.8 Å². The predicted octanol–water partition coefficient (Wildman–Crippen LogP) is 5.35. The highest BCUT2D eigenvalue weighted by Gasteiger charge is 2.44. The minimum absolute atomic E-state index is 0.105. The molecule has 44 heavy (non-hydrogen) atoms. The van der Waals surface area contributed by atoms with E-state index in [9.17, 15) is 28.3 Å². The molecule has 1 aromatic heterocycles. The third-order valence-corrected chi connectivity index (χ3v) is 9.39. The Morgan fingerprint density at radius 1 is 1.11 bits per heavy atom. The molecule has 3 aromatic rings. The summed E-state index contributed by atoms with van der Waals surface area (Å²) in [4.78, 5) is 47.5. The van der Waals surface area contributed by atoms with Gasteiger partial charge in [-0.05, 0) is 48.6 Å². The fraction of sp³-hybridized carbons (Fsp3) is 0.438. The summed E-state index contributed by atoms with van der Waals surface area (Å²) in [6.07, 6.45) is 3.17. The summed E-state index contributed by atoms with van der Waals surface area (Å²) in [5.74, 6) is -2.13. The third kappa shape index (κ3) is 5.77. The molecular formula is C32H33ClF2N4O5. The van der Waals surface area contributed by atoms with Gasteiger partial charge in [-0.1, -0.05) is 42.6 Å². The topological polar surface area (TPSA) is 105 Å². The number of hydrogen-bond donors (Lipinski definition) is 1. The summed E-state index contributed by atoms with van der Waals surface area (Å²) in [5, 5.41) is 10.4. The molecule has 0 radical (unpaired) electrons. The minimum Gasteiger partial charge on any atom is -0.485 e. The van der Waals surface area contributed by atoms with Crippen LogP contribution in [0.4, 0.5) is 8.78 Å². The molecule has 2 aromatic carbocycles. The van der Waals surface area contributed by atoms with Gasteiger partial charge in [0.15, 0.2) is 0 Å². The van der Waals surface area contributed by atoms with Crippen molar-refractivity contribution in [2.45, 2.75) is 64.3 Å². The van der Waals surface area contributed by atoms with E-state index < -0.39 is 36.8 Å². The number of nitrogens with zero attached hydrogens (tertiary/aromatic N) is 4. The Labute approximate surface area is 258 Å². The molecule has 1 saturated carbocycles. The molecule has 0 saturated heterocycles. The average Bonchev–Trinajstić information content (AvgIpc) is 3.59. The third-order valence-electron chi connectivity index (χ3n) is 9.04. The van der Waals surface area contributed by atoms with E-state index in [-0.39, 0.29) is 25.0 Å². The van der Waals surface area contributed by atoms with E-state index in [0.717, 1.165) is 24.0 Å². The maximum absolute atomic E-state index is 14.3. The fourth-order valence-electron chi connectivity index (χ4n) is 6.90. The van der Waals surface area contributed by atoms with Crippen molar-refractivity contribution in [3.63, 3.8) is 0 Å². The molecule has 0 spiro atoms. The van der Waals surface area contributed by atoms with E-state index >= 15 is 0 Å². The molecule has 0 bridgehead atoms. The van der Waals surface area contributed by atoms with Crippen LogP contribution in [0, 0.1) is 11.8 Å². The zero-order valence-electron chi connectivity index (χ0n) is 24.0. The van der Waals surface area contributed by atoms with Crippen LogP contribution in [0.1, 0.15) is 64.6 Å². The molecule has 1 aliphatic carbocycles. The number of carbonyl (C=O) groups excluding carboxylic acids is 2. The van der Waals surface area contributed by atoms with Crippen molar-refractivity contribution in [2.24, 2.45) is 11.8 Å². The summed E-state index contributed by atoms with van der Waals surface area (Å²) in [7, 11) is 0. The molecule has 232 valence electrons. The number of alkyl halides is 2. The van der Waals surface area contributed by atoms with Crippen LogP contribution in [0.2, 0.25) is 5.02 Å². The largest absolute Gasteiger partial charge is 0.485 e. The van der Waals surface area contributed by atoms with E-state index in [1.54, 1.807) is 28.0 Å². The van der Waals surface area contributed by atoms with Gasteiger partial charge in [-0.15, -0.1) is 0 Å². The Morgan fingerprint density at radius 2 is 1.89 bits per heavy atom. The van der Waals surface area contributed by atoms with Gasteiger partial charge in [-0.3, -0.25) is 14.4 Å². The first kappa shape index (κ1) is 30.1. The van der Waals surface area contributed by atoms with Gasteiger partial charge in [0.05, 0.1) is 24.4 Å². The molecule has 12 heteroatoms. The summed E-state index contributed by atoms with van der Waals surface area (Å²) in [6.45, 7) is 0.188. The predicted molar refractivity (Wildman–Crippen MR) is 156 cm³/mol. The minimum atomic E-state index is -2.56. The molecular weight excluding hydrogens is 594 g/mol. The van der Waals surface area contributed by atoms with Crippen LogP contribution >= 0.6 is 11.6 Å². The maximum atomic E-state index is 14.3. The van der Waals surface area contributed by atoms with Crippen LogP contribution in [-0.4, -0.2) is 61.8 Å². The Bertz CT molecular complexity index is 1580. The summed E-state index contributed by atoms with van der Waals surface area (Å²) < 4.78 is 33.8. The summed E-state index contributed by atoms with van der Waals surface area (Å²) in [5.41, 5.74) is 2.90. The standard InChI is InChI=1S/C32H33ClF2N4O5/c33-24-9-10-26(44-18-28-36-12-14-37(28)17-27(34)35)29-23(24)11-13-39(31(41)21-7-3-4-8-22(21)32(42)43)25(29)16-38-15-19-5-1-2-6-20(19)30(38)40/h1-2,5-6,9-10,12,14,21-22,25,27H,3-4,7-8,11,13,15-18H2,(H,42,43)/t21-,22+,25?/m1/s1. The monoisotopic (exact) mass is 626 g/mol. The van der Waals surface area contributed by atoms with Crippen LogP contribution in [0.3, 0.4) is 0 Å². The quantitative estimate of drug-likeness (QED) is 0.343. The van der Waals surface area contributed by atoms with Crippen molar-refractivity contribution in [1.29, 1.82) is 0 Å². The highest BCUT2D eigenvalue weighted by atomic mass is 35.5. The first-order valence-corrected chi connectivity index (χ1v) is 15.2. The lowest BCUT2D eigenvalue weighted by atomic mass is 9.77. The second kappa shape index (κ2) is 12.6. The number of benzene rings is 2. The number of fused-ring (bicyclic) bond motifs is 2. The van der Waals surface area contributed by atoms with Gasteiger partial charge in [0.2, 0.25) is 5.91 Å². The number of carbonyl (C=O) groups is 3. The van der Waals surface area contributed by atoms with Gasteiger partial charge >= 0.3 is 5.97 Å². The van der Waals surface area contributed by atoms with Crippen LogP contribution < -0.4 is 4.74 Å². The van der Waals surface area contributed by atoms with Crippen LogP contribution in [0.25, 0.3) is 0 Å². The number of ether oxygens (including phenoxy) is 1. The molecule has 2 aliphatic heterocycles. The molecule has 1 unspecified atom stereocenters. The second-order valence-corrected chi connectivity index (χ2v) is 12.0. The lowest BCUT2D eigenvalue weighted by Gasteiger charge is -2.43. The van der Waals surface area contributed by atoms with Gasteiger partial charge < -0.3 is 24.2 Å². The summed E-state index contributed by atoms with van der Waals surface area (Å²) >= 11 is 6.70. The fourth-order valence-corrected chi connectivity index (χ4v) is 7.16. The van der Waals surface area contributed by atoms with E-state index in [1.807, 2.05) is 18.2 Å². The smallest absolute Gasteiger partial charge is 0.307 e. The Balaban J connectivity index is 1.37. The molecule has 3 atom stereocenters. The number of carboxylic acid groups (broad SMARTS) is 1. The van der Waals surface area contributed by atoms with Crippen molar-refractivity contribution < 1.29 is 33.0 Å². The van der Waals surface area contributed by atoms with Gasteiger partial charge in [0.1, 0.15) is 18.2 Å². The SMILES string of the molecule is O=C(O)[C@H]1CCCC[C@H]1C(=O)N1CCc2c(Cl)ccc(OCc3nccn3CC(F)F)c2C1CN1Cc2ccccc2C1=O. The van der Waals surface area contributed by atoms with E-state index in [4.69, 9.17) is 16.3 Å². The zero-order valence-corrected chi connectivity index (χ0v) is 24.8. The number of aromatic nitrogens is 2. The van der Waals surface area contributed by atoms with Crippen LogP contribution in [0.15, 0.2) is 48.8 Å². The normalized spacial score (nSPS) is 21.4. The van der Waals surface area contributed by atoms with E-state index in [1.165, 1.54) is 17.0 Å². The summed E-state index contributed by atoms with van der Waals surface area (Å²) in [6, 6.07) is 10.1. The Hall–Kier alpha value is -3.99. The first-order chi connectivity index (χ1) is 21.2. The van der Waals surface area contributed by atoms with Crippen molar-refractivity contribution in [3.8, 4) is 5.75 Å². The van der Waals surface area contributed by atoms with Gasteiger partial charge in [0, 0.05) is 48.2 Å². The van der Waals surface area contributed by atoms with E-state index in [0.29, 0.717) is 60.1 Å². The lowest BCUT2D eigenvalue weighted by Crippen LogP contribution is -2.50. The zero-order chi connectivity index (χ0) is 31.0. The van der Waals surface area contributed by atoms with Crippen LogP contribution in [0.5, 0.6) is 5.75 Å². The molecule has 3 aliphatic rings. The number of halogens is 3. The Morgan fingerprint density at radius 3 is 2.64 bits per heavy atom. The number of carboxylic acids is 1. The molecule has 9 nitrogen and oxygen atoms in total. The van der Waals surface area contributed by atoms with E-state index in [2.05, 4.69) is 4.98 Å². The van der Waals surface area contributed by atoms with Gasteiger partial charge in [0.25, 0.3) is 12.3 Å². The first-order valence-electron chi connectivity index (χ1n) is 14.9.